The molecule has 0 aliphatic heterocycles. The zero-order valence-corrected chi connectivity index (χ0v) is 16.4. The lowest BCUT2D eigenvalue weighted by Crippen LogP contribution is -2.28. The van der Waals surface area contributed by atoms with Crippen molar-refractivity contribution in [3.05, 3.63) is 64.9 Å². The molecule has 29 heavy (non-hydrogen) atoms. The van der Waals surface area contributed by atoms with Gasteiger partial charge in [-0.25, -0.2) is 0 Å². The lowest BCUT2D eigenvalue weighted by atomic mass is 10.1. The fraction of sp³-hybridized carbons (Fsp3) is 0.211. The first-order valence-electron chi connectivity index (χ1n) is 8.77. The molecule has 0 fully saturated rings. The Labute approximate surface area is 172 Å². The Hall–Kier alpha value is -3.30. The largest absolute Gasteiger partial charge is 0.383 e. The molecular weight excluding hydrogens is 396 g/mol. The molecule has 0 spiro atoms. The summed E-state index contributed by atoms with van der Waals surface area (Å²) in [4.78, 5) is 25.4. The predicted molar refractivity (Wildman–Crippen MR) is 107 cm³/mol. The lowest BCUT2D eigenvalue weighted by molar-refractivity contribution is -0.115. The van der Waals surface area contributed by atoms with E-state index in [1.807, 2.05) is 18.2 Å². The van der Waals surface area contributed by atoms with Crippen LogP contribution in [0.25, 0.3) is 5.69 Å². The van der Waals surface area contributed by atoms with Crippen molar-refractivity contribution >= 4 is 29.1 Å². The van der Waals surface area contributed by atoms with Gasteiger partial charge in [-0.1, -0.05) is 29.8 Å². The van der Waals surface area contributed by atoms with Gasteiger partial charge in [0.2, 0.25) is 5.91 Å². The van der Waals surface area contributed by atoms with Gasteiger partial charge in [-0.2, -0.15) is 0 Å². The van der Waals surface area contributed by atoms with Crippen LogP contribution >= 0.6 is 11.6 Å². The van der Waals surface area contributed by atoms with E-state index in [-0.39, 0.29) is 18.2 Å². The number of tetrazole rings is 1. The summed E-state index contributed by atoms with van der Waals surface area (Å²) in [6, 6.07) is 14.0. The fourth-order valence-electron chi connectivity index (χ4n) is 2.46. The number of methoxy groups -OCH3 is 1. The van der Waals surface area contributed by atoms with Gasteiger partial charge >= 0.3 is 0 Å². The first-order chi connectivity index (χ1) is 14.1. The van der Waals surface area contributed by atoms with Gasteiger partial charge in [0, 0.05) is 24.4 Å². The van der Waals surface area contributed by atoms with Crippen molar-refractivity contribution in [1.82, 2.24) is 25.5 Å². The van der Waals surface area contributed by atoms with Crippen LogP contribution in [0.2, 0.25) is 5.02 Å². The third kappa shape index (κ3) is 5.59. The van der Waals surface area contributed by atoms with Crippen LogP contribution in [-0.4, -0.2) is 52.3 Å². The minimum Gasteiger partial charge on any atom is -0.383 e. The van der Waals surface area contributed by atoms with Crippen LogP contribution < -0.4 is 10.6 Å². The number of nitrogens with one attached hydrogen (secondary N) is 2. The van der Waals surface area contributed by atoms with Crippen molar-refractivity contribution in [2.24, 2.45) is 0 Å². The first kappa shape index (κ1) is 20.4. The van der Waals surface area contributed by atoms with E-state index in [2.05, 4.69) is 26.0 Å². The van der Waals surface area contributed by atoms with E-state index in [1.54, 1.807) is 37.4 Å². The van der Waals surface area contributed by atoms with E-state index in [9.17, 15) is 9.59 Å². The van der Waals surface area contributed by atoms with Crippen LogP contribution in [0.15, 0.2) is 48.5 Å². The summed E-state index contributed by atoms with van der Waals surface area (Å²) in [5, 5.41) is 17.7. The maximum atomic E-state index is 12.2. The van der Waals surface area contributed by atoms with Gasteiger partial charge in [0.05, 0.1) is 18.7 Å². The summed E-state index contributed by atoms with van der Waals surface area (Å²) in [7, 11) is 1.55. The number of amides is 2. The second kappa shape index (κ2) is 9.76. The Bertz CT molecular complexity index is 990. The number of ether oxygens (including phenoxy) is 1. The molecule has 0 saturated carbocycles. The predicted octanol–water partition coefficient (Wildman–Crippen LogP) is 1.87. The third-order valence-electron chi connectivity index (χ3n) is 3.90. The first-order valence-corrected chi connectivity index (χ1v) is 9.15. The molecule has 2 N–H and O–H groups in total. The van der Waals surface area contributed by atoms with Gasteiger partial charge in [0.1, 0.15) is 0 Å². The molecular formula is C19H19ClN6O3. The summed E-state index contributed by atoms with van der Waals surface area (Å²) < 4.78 is 4.87. The highest BCUT2D eigenvalue weighted by molar-refractivity contribution is 6.31. The molecule has 0 bridgehead atoms. The third-order valence-corrected chi connectivity index (χ3v) is 4.27. The fourth-order valence-corrected chi connectivity index (χ4v) is 2.66. The Kier molecular flexibility index (Phi) is 6.88. The zero-order valence-electron chi connectivity index (χ0n) is 15.6. The number of benzene rings is 2. The summed E-state index contributed by atoms with van der Waals surface area (Å²) in [5.74, 6) is -0.658. The highest BCUT2D eigenvalue weighted by Crippen LogP contribution is 2.17. The van der Waals surface area contributed by atoms with E-state index >= 15 is 0 Å². The van der Waals surface area contributed by atoms with Crippen LogP contribution in [0, 0.1) is 0 Å². The topological polar surface area (TPSA) is 111 Å². The van der Waals surface area contributed by atoms with Crippen LogP contribution in [0.5, 0.6) is 0 Å². The van der Waals surface area contributed by atoms with Gasteiger partial charge in [-0.05, 0) is 41.1 Å². The lowest BCUT2D eigenvalue weighted by Gasteiger charge is -2.07. The average molecular weight is 415 g/mol. The molecule has 2 aromatic carbocycles. The standard InChI is InChI=1S/C19H19ClN6O3/c1-29-11-10-21-19(28)18-23-25-26(24-18)15-8-6-14(7-9-15)22-17(27)12-13-4-2-3-5-16(13)20/h2-9H,10-12H2,1H3,(H,21,28)(H,22,27). The minimum atomic E-state index is -0.434. The molecule has 0 radical (unpaired) electrons. The van der Waals surface area contributed by atoms with Crippen LogP contribution in [0.3, 0.4) is 0 Å². The second-order valence-corrected chi connectivity index (χ2v) is 6.42. The highest BCUT2D eigenvalue weighted by Gasteiger charge is 2.13. The highest BCUT2D eigenvalue weighted by atomic mass is 35.5. The van der Waals surface area contributed by atoms with E-state index in [0.29, 0.717) is 29.5 Å². The van der Waals surface area contributed by atoms with Gasteiger partial charge < -0.3 is 15.4 Å². The van der Waals surface area contributed by atoms with Crippen molar-refractivity contribution < 1.29 is 14.3 Å². The van der Waals surface area contributed by atoms with Crippen molar-refractivity contribution in [2.75, 3.05) is 25.6 Å². The quantitative estimate of drug-likeness (QED) is 0.544. The molecule has 3 rings (SSSR count). The molecule has 1 aromatic heterocycles. The maximum Gasteiger partial charge on any atom is 0.292 e. The van der Waals surface area contributed by atoms with Crippen LogP contribution in [-0.2, 0) is 16.0 Å². The summed E-state index contributed by atoms with van der Waals surface area (Å²) in [6.45, 7) is 0.746. The van der Waals surface area contributed by atoms with E-state index in [0.717, 1.165) is 5.56 Å². The average Bonchev–Trinajstić information content (AvgIpc) is 3.21. The van der Waals surface area contributed by atoms with Crippen LogP contribution in [0.1, 0.15) is 16.2 Å². The molecule has 9 nitrogen and oxygen atoms in total. The Morgan fingerprint density at radius 3 is 2.62 bits per heavy atom. The molecule has 2 amide bonds. The number of carbonyl (C=O) groups excluding carboxylic acids is 2. The van der Waals surface area contributed by atoms with E-state index in [4.69, 9.17) is 16.3 Å². The number of hydrogen-bond acceptors (Lipinski definition) is 6. The Balaban J connectivity index is 1.59. The minimum absolute atomic E-state index is 0.0433. The van der Waals surface area contributed by atoms with Gasteiger partial charge in [0.15, 0.2) is 0 Å². The number of nitrogens with zero attached hydrogens (tertiary/aromatic N) is 4. The van der Waals surface area contributed by atoms with Gasteiger partial charge in [-0.15, -0.1) is 15.0 Å². The number of hydrogen-bond donors (Lipinski definition) is 2. The van der Waals surface area contributed by atoms with Gasteiger partial charge in [-0.3, -0.25) is 9.59 Å². The summed E-state index contributed by atoms with van der Waals surface area (Å²) >= 11 is 6.08. The number of rotatable bonds is 8. The number of halogens is 1. The molecule has 150 valence electrons. The normalized spacial score (nSPS) is 10.6. The molecule has 0 aliphatic rings. The number of carbonyl (C=O) groups is 2. The Morgan fingerprint density at radius 2 is 1.90 bits per heavy atom. The van der Waals surface area contributed by atoms with Crippen molar-refractivity contribution in [1.29, 1.82) is 0 Å². The zero-order chi connectivity index (χ0) is 20.6. The number of anilines is 1. The molecule has 0 saturated heterocycles. The molecule has 10 heteroatoms. The monoisotopic (exact) mass is 414 g/mol. The smallest absolute Gasteiger partial charge is 0.292 e. The molecule has 3 aromatic rings. The molecule has 1 heterocycles. The van der Waals surface area contributed by atoms with E-state index < -0.39 is 5.91 Å². The van der Waals surface area contributed by atoms with E-state index in [1.165, 1.54) is 4.80 Å². The van der Waals surface area contributed by atoms with Crippen LogP contribution in [0.4, 0.5) is 5.69 Å². The summed E-state index contributed by atoms with van der Waals surface area (Å²) in [5.41, 5.74) is 1.97. The maximum absolute atomic E-state index is 12.2. The van der Waals surface area contributed by atoms with Gasteiger partial charge in [0.25, 0.3) is 11.7 Å². The second-order valence-electron chi connectivity index (χ2n) is 6.01. The van der Waals surface area contributed by atoms with Crippen molar-refractivity contribution in [3.8, 4) is 5.69 Å². The summed E-state index contributed by atoms with van der Waals surface area (Å²) in [6.07, 6.45) is 0.174. The number of aromatic nitrogens is 4. The molecule has 0 atom stereocenters. The van der Waals surface area contributed by atoms with Crippen molar-refractivity contribution in [3.63, 3.8) is 0 Å². The SMILES string of the molecule is COCCNC(=O)c1nnn(-c2ccc(NC(=O)Cc3ccccc3Cl)cc2)n1. The Morgan fingerprint density at radius 1 is 1.14 bits per heavy atom. The molecule has 0 unspecified atom stereocenters. The van der Waals surface area contributed by atoms with Crippen molar-refractivity contribution in [2.45, 2.75) is 6.42 Å². The molecule has 0 aliphatic carbocycles.